The molecule has 5 rings (SSSR count). The maximum Gasteiger partial charge on any atom is 0.234 e. The number of carbonyl (C=O) groups excluding carboxylic acids is 1. The first-order valence-electron chi connectivity index (χ1n) is 12.8. The number of rotatable bonds is 8. The summed E-state index contributed by atoms with van der Waals surface area (Å²) >= 11 is 0. The number of anilines is 1. The van der Waals surface area contributed by atoms with Gasteiger partial charge in [0.15, 0.2) is 0 Å². The molecule has 8 nitrogen and oxygen atoms in total. The van der Waals surface area contributed by atoms with E-state index in [0.29, 0.717) is 13.1 Å². The maximum absolute atomic E-state index is 12.7. The number of carbonyl (C=O) groups is 1. The fraction of sp³-hybridized carbons (Fsp3) is 0.429. The van der Waals surface area contributed by atoms with Gasteiger partial charge in [-0.25, -0.2) is 9.97 Å². The van der Waals surface area contributed by atoms with Crippen LogP contribution >= 0.6 is 0 Å². The second-order valence-electron chi connectivity index (χ2n) is 9.53. The van der Waals surface area contributed by atoms with Gasteiger partial charge in [0.2, 0.25) is 5.91 Å². The lowest BCUT2D eigenvalue weighted by Gasteiger charge is -2.32. The summed E-state index contributed by atoms with van der Waals surface area (Å²) in [7, 11) is 1.72. The third-order valence-corrected chi connectivity index (χ3v) is 7.12. The Morgan fingerprint density at radius 2 is 1.97 bits per heavy atom. The number of pyridine rings is 1. The predicted octanol–water partition coefficient (Wildman–Crippen LogP) is 3.59. The van der Waals surface area contributed by atoms with Gasteiger partial charge in [-0.3, -0.25) is 14.7 Å². The number of amides is 1. The third kappa shape index (κ3) is 5.33. The van der Waals surface area contributed by atoms with Crippen LogP contribution in [-0.4, -0.2) is 52.5 Å². The van der Waals surface area contributed by atoms with E-state index >= 15 is 0 Å². The Hall–Kier alpha value is -3.52. The Morgan fingerprint density at radius 3 is 2.81 bits per heavy atom. The van der Waals surface area contributed by atoms with Crippen LogP contribution in [0.1, 0.15) is 53.6 Å². The molecule has 2 aliphatic heterocycles. The molecule has 0 saturated carbocycles. The quantitative estimate of drug-likeness (QED) is 0.521. The summed E-state index contributed by atoms with van der Waals surface area (Å²) in [5, 5.41) is 3.00. The van der Waals surface area contributed by atoms with Crippen molar-refractivity contribution < 1.29 is 9.53 Å². The third-order valence-electron chi connectivity index (χ3n) is 7.12. The summed E-state index contributed by atoms with van der Waals surface area (Å²) < 4.78 is 5.59. The molecule has 1 aromatic carbocycles. The number of hydrogen-bond acceptors (Lipinski definition) is 7. The molecule has 1 atom stereocenters. The maximum atomic E-state index is 12.7. The summed E-state index contributed by atoms with van der Waals surface area (Å²) in [5.74, 6) is 2.75. The van der Waals surface area contributed by atoms with Gasteiger partial charge in [-0.05, 0) is 57.4 Å². The second-order valence-corrected chi connectivity index (χ2v) is 9.53. The predicted molar refractivity (Wildman–Crippen MR) is 139 cm³/mol. The number of likely N-dealkylation sites (tertiary alicyclic amines) is 1. The molecular weight excluding hydrogens is 452 g/mol. The number of aromatic nitrogens is 3. The SMILES string of the molecule is COc1ccccc1CN1CCCc2c(C)nc(C3CCCN3CC(=O)NCc3ccccn3)nc21. The number of benzene rings is 1. The van der Waals surface area contributed by atoms with E-state index in [0.717, 1.165) is 79.7 Å². The molecule has 0 bridgehead atoms. The highest BCUT2D eigenvalue weighted by atomic mass is 16.5. The van der Waals surface area contributed by atoms with E-state index in [-0.39, 0.29) is 11.9 Å². The van der Waals surface area contributed by atoms with E-state index in [9.17, 15) is 4.79 Å². The van der Waals surface area contributed by atoms with Crippen LogP contribution in [0.15, 0.2) is 48.7 Å². The monoisotopic (exact) mass is 486 g/mol. The molecule has 4 heterocycles. The topological polar surface area (TPSA) is 83.5 Å². The standard InChI is InChI=1S/C28H34N6O2/c1-20-23-11-7-16-34(18-21-9-3-4-13-25(21)36-2)28(23)32-27(31-20)24-12-8-15-33(24)19-26(35)30-17-22-10-5-6-14-29-22/h3-6,9-10,13-14,24H,7-8,11-12,15-19H2,1-2H3,(H,30,35). The zero-order chi connectivity index (χ0) is 24.9. The van der Waals surface area contributed by atoms with Gasteiger partial charge >= 0.3 is 0 Å². The molecule has 2 aromatic heterocycles. The van der Waals surface area contributed by atoms with Crippen molar-refractivity contribution in [3.8, 4) is 5.75 Å². The van der Waals surface area contributed by atoms with Crippen LogP contribution in [-0.2, 0) is 24.3 Å². The molecule has 1 unspecified atom stereocenters. The van der Waals surface area contributed by atoms with E-state index < -0.39 is 0 Å². The first-order valence-corrected chi connectivity index (χ1v) is 12.8. The summed E-state index contributed by atoms with van der Waals surface area (Å²) in [6.45, 7) is 5.43. The number of fused-ring (bicyclic) bond motifs is 1. The van der Waals surface area contributed by atoms with Gasteiger partial charge in [-0.2, -0.15) is 0 Å². The minimum atomic E-state index is 0.0000316. The van der Waals surface area contributed by atoms with Gasteiger partial charge in [0.25, 0.3) is 0 Å². The Morgan fingerprint density at radius 1 is 1.11 bits per heavy atom. The lowest BCUT2D eigenvalue weighted by Crippen LogP contribution is -2.37. The van der Waals surface area contributed by atoms with E-state index in [1.807, 2.05) is 30.3 Å². The number of nitrogens with zero attached hydrogens (tertiary/aromatic N) is 5. The van der Waals surface area contributed by atoms with Gasteiger partial charge in [-0.1, -0.05) is 24.3 Å². The van der Waals surface area contributed by atoms with Crippen molar-refractivity contribution in [1.82, 2.24) is 25.2 Å². The average Bonchev–Trinajstić information content (AvgIpc) is 3.37. The molecule has 3 aromatic rings. The minimum absolute atomic E-state index is 0.0000316. The number of ether oxygens (including phenoxy) is 1. The number of methoxy groups -OCH3 is 1. The molecule has 1 N–H and O–H groups in total. The molecule has 2 aliphatic rings. The van der Waals surface area contributed by atoms with Crippen LogP contribution in [0.25, 0.3) is 0 Å². The first-order chi connectivity index (χ1) is 17.6. The van der Waals surface area contributed by atoms with Gasteiger partial charge in [0.05, 0.1) is 31.9 Å². The van der Waals surface area contributed by atoms with Gasteiger partial charge in [0.1, 0.15) is 17.4 Å². The molecular formula is C28H34N6O2. The van der Waals surface area contributed by atoms with Crippen LogP contribution in [0.2, 0.25) is 0 Å². The van der Waals surface area contributed by atoms with Crippen molar-refractivity contribution in [1.29, 1.82) is 0 Å². The minimum Gasteiger partial charge on any atom is -0.496 e. The fourth-order valence-electron chi connectivity index (χ4n) is 5.29. The van der Waals surface area contributed by atoms with Crippen LogP contribution in [0, 0.1) is 6.92 Å². The highest BCUT2D eigenvalue weighted by Gasteiger charge is 2.32. The zero-order valence-corrected chi connectivity index (χ0v) is 21.1. The van der Waals surface area contributed by atoms with Crippen molar-refractivity contribution in [2.24, 2.45) is 0 Å². The Labute approximate surface area is 212 Å². The van der Waals surface area contributed by atoms with Gasteiger partial charge in [-0.15, -0.1) is 0 Å². The number of para-hydroxylation sites is 1. The molecule has 0 aliphatic carbocycles. The lowest BCUT2D eigenvalue weighted by molar-refractivity contribution is -0.122. The Balaban J connectivity index is 1.33. The smallest absolute Gasteiger partial charge is 0.234 e. The molecule has 36 heavy (non-hydrogen) atoms. The highest BCUT2D eigenvalue weighted by molar-refractivity contribution is 5.78. The molecule has 1 fully saturated rings. The normalized spacial score (nSPS) is 17.6. The summed E-state index contributed by atoms with van der Waals surface area (Å²) in [4.78, 5) is 31.7. The van der Waals surface area contributed by atoms with Gasteiger partial charge < -0.3 is 15.0 Å². The van der Waals surface area contributed by atoms with Crippen molar-refractivity contribution in [2.45, 2.75) is 51.7 Å². The second kappa shape index (κ2) is 11.0. The van der Waals surface area contributed by atoms with Crippen LogP contribution in [0.4, 0.5) is 5.82 Å². The highest BCUT2D eigenvalue weighted by Crippen LogP contribution is 2.35. The van der Waals surface area contributed by atoms with E-state index in [1.54, 1.807) is 13.3 Å². The lowest BCUT2D eigenvalue weighted by atomic mass is 10.0. The molecule has 8 heteroatoms. The number of aryl methyl sites for hydroxylation is 1. The molecule has 0 spiro atoms. The Kier molecular flexibility index (Phi) is 7.41. The summed E-state index contributed by atoms with van der Waals surface area (Å²) in [6, 6.07) is 13.9. The zero-order valence-electron chi connectivity index (χ0n) is 21.1. The van der Waals surface area contributed by atoms with Crippen molar-refractivity contribution >= 4 is 11.7 Å². The number of hydrogen-bond donors (Lipinski definition) is 1. The van der Waals surface area contributed by atoms with Crippen LogP contribution < -0.4 is 15.0 Å². The van der Waals surface area contributed by atoms with Gasteiger partial charge in [0, 0.05) is 36.1 Å². The largest absolute Gasteiger partial charge is 0.496 e. The molecule has 1 amide bonds. The molecule has 1 saturated heterocycles. The van der Waals surface area contributed by atoms with E-state index in [4.69, 9.17) is 14.7 Å². The number of nitrogens with one attached hydrogen (secondary N) is 1. The average molecular weight is 487 g/mol. The summed E-state index contributed by atoms with van der Waals surface area (Å²) in [6.07, 6.45) is 5.80. The fourth-order valence-corrected chi connectivity index (χ4v) is 5.29. The van der Waals surface area contributed by atoms with E-state index in [2.05, 4.69) is 39.2 Å². The Bertz CT molecular complexity index is 1200. The van der Waals surface area contributed by atoms with Crippen LogP contribution in [0.5, 0.6) is 5.75 Å². The molecule has 0 radical (unpaired) electrons. The molecule has 188 valence electrons. The van der Waals surface area contributed by atoms with Crippen molar-refractivity contribution in [3.05, 3.63) is 77.0 Å². The summed E-state index contributed by atoms with van der Waals surface area (Å²) in [5.41, 5.74) is 4.29. The van der Waals surface area contributed by atoms with Crippen molar-refractivity contribution in [3.63, 3.8) is 0 Å². The first kappa shape index (κ1) is 24.2. The van der Waals surface area contributed by atoms with Crippen LogP contribution in [0.3, 0.4) is 0 Å². The van der Waals surface area contributed by atoms with E-state index in [1.165, 1.54) is 5.56 Å². The van der Waals surface area contributed by atoms with Crippen molar-refractivity contribution in [2.75, 3.05) is 31.6 Å².